The fraction of sp³-hybridized carbons (Fsp3) is 0.333. The first-order valence-electron chi connectivity index (χ1n) is 5.66. The molecule has 7 heteroatoms. The quantitative estimate of drug-likeness (QED) is 0.916. The van der Waals surface area contributed by atoms with Crippen LogP contribution in [0.4, 0.5) is 0 Å². The molecule has 0 spiro atoms. The third-order valence-electron chi connectivity index (χ3n) is 2.38. The molecule has 1 amide bonds. The number of amides is 1. The molecule has 0 bridgehead atoms. The molecular formula is C12H12Cl2N2OS2. The maximum atomic E-state index is 11.7. The highest BCUT2D eigenvalue weighted by Gasteiger charge is 2.10. The van der Waals surface area contributed by atoms with E-state index in [2.05, 4.69) is 10.3 Å². The van der Waals surface area contributed by atoms with E-state index in [9.17, 15) is 4.79 Å². The normalized spacial score (nSPS) is 14.3. The topological polar surface area (TPSA) is 41.5 Å². The summed E-state index contributed by atoms with van der Waals surface area (Å²) in [5.74, 6) is 1.38. The molecule has 1 N–H and O–H groups in total. The summed E-state index contributed by atoms with van der Waals surface area (Å²) in [5.41, 5.74) is 0.858. The minimum atomic E-state index is -0.0220. The van der Waals surface area contributed by atoms with Gasteiger partial charge < -0.3 is 5.32 Å². The molecule has 3 nitrogen and oxygen atoms in total. The molecule has 1 heterocycles. The summed E-state index contributed by atoms with van der Waals surface area (Å²) in [6.07, 6.45) is 0. The van der Waals surface area contributed by atoms with Gasteiger partial charge in [0.15, 0.2) is 0 Å². The van der Waals surface area contributed by atoms with E-state index in [1.165, 1.54) is 11.8 Å². The molecule has 0 unspecified atom stereocenters. The number of carbonyl (C=O) groups is 1. The van der Waals surface area contributed by atoms with Crippen LogP contribution in [0.25, 0.3) is 0 Å². The Kier molecular flexibility index (Phi) is 5.88. The molecule has 102 valence electrons. The summed E-state index contributed by atoms with van der Waals surface area (Å²) in [4.78, 5) is 16.0. The van der Waals surface area contributed by atoms with Crippen LogP contribution in [0.5, 0.6) is 0 Å². The highest BCUT2D eigenvalue weighted by Crippen LogP contribution is 2.22. The van der Waals surface area contributed by atoms with Gasteiger partial charge >= 0.3 is 0 Å². The van der Waals surface area contributed by atoms with Gasteiger partial charge in [-0.1, -0.05) is 52.8 Å². The standard InChI is InChI=1S/C12H12Cl2N2OS2/c13-9-2-1-8(10(14)5-9)6-16-11(17)7-19-12-15-3-4-18-12/h1-2,5H,3-4,6-7H2,(H,16,17). The van der Waals surface area contributed by atoms with Crippen LogP contribution in [0.1, 0.15) is 5.56 Å². The van der Waals surface area contributed by atoms with E-state index in [0.717, 1.165) is 22.2 Å². The highest BCUT2D eigenvalue weighted by atomic mass is 35.5. The van der Waals surface area contributed by atoms with Crippen LogP contribution in [-0.2, 0) is 11.3 Å². The molecular weight excluding hydrogens is 323 g/mol. The summed E-state index contributed by atoms with van der Waals surface area (Å²) < 4.78 is 1.000. The maximum absolute atomic E-state index is 11.7. The number of hydrogen-bond donors (Lipinski definition) is 1. The first-order chi connectivity index (χ1) is 9.15. The summed E-state index contributed by atoms with van der Waals surface area (Å²) in [5, 5.41) is 3.99. The number of nitrogens with one attached hydrogen (secondary N) is 1. The second-order valence-corrected chi connectivity index (χ2v) is 6.95. The Hall–Kier alpha value is -0.360. The zero-order chi connectivity index (χ0) is 13.7. The number of benzene rings is 1. The molecule has 0 saturated carbocycles. The fourth-order valence-corrected chi connectivity index (χ4v) is 3.75. The van der Waals surface area contributed by atoms with E-state index < -0.39 is 0 Å². The summed E-state index contributed by atoms with van der Waals surface area (Å²) >= 11 is 15.0. The van der Waals surface area contributed by atoms with Crippen LogP contribution in [-0.4, -0.2) is 28.3 Å². The molecule has 0 fully saturated rings. The molecule has 0 radical (unpaired) electrons. The van der Waals surface area contributed by atoms with E-state index in [-0.39, 0.29) is 5.91 Å². The number of halogens is 2. The average molecular weight is 335 g/mol. The molecule has 2 rings (SSSR count). The van der Waals surface area contributed by atoms with E-state index in [0.29, 0.717) is 22.3 Å². The Balaban J connectivity index is 1.76. The molecule has 19 heavy (non-hydrogen) atoms. The molecule has 0 aliphatic carbocycles. The molecule has 0 saturated heterocycles. The van der Waals surface area contributed by atoms with Gasteiger partial charge in [0.05, 0.1) is 12.3 Å². The zero-order valence-corrected chi connectivity index (χ0v) is 13.1. The van der Waals surface area contributed by atoms with Crippen molar-refractivity contribution in [2.75, 3.05) is 18.1 Å². The zero-order valence-electron chi connectivity index (χ0n) is 9.99. The van der Waals surface area contributed by atoms with Crippen LogP contribution >= 0.6 is 46.7 Å². The largest absolute Gasteiger partial charge is 0.351 e. The van der Waals surface area contributed by atoms with Crippen molar-refractivity contribution in [2.24, 2.45) is 4.99 Å². The molecule has 1 aromatic carbocycles. The Labute approximate surface area is 130 Å². The predicted octanol–water partition coefficient (Wildman–Crippen LogP) is 3.45. The maximum Gasteiger partial charge on any atom is 0.230 e. The van der Waals surface area contributed by atoms with Crippen molar-refractivity contribution in [3.63, 3.8) is 0 Å². The van der Waals surface area contributed by atoms with Gasteiger partial charge in [-0.05, 0) is 17.7 Å². The van der Waals surface area contributed by atoms with Crippen LogP contribution < -0.4 is 5.32 Å². The molecule has 1 aliphatic rings. The Morgan fingerprint density at radius 1 is 1.47 bits per heavy atom. The predicted molar refractivity (Wildman–Crippen MR) is 85.5 cm³/mol. The average Bonchev–Trinajstić information content (AvgIpc) is 2.88. The lowest BCUT2D eigenvalue weighted by Crippen LogP contribution is -2.25. The first-order valence-corrected chi connectivity index (χ1v) is 8.38. The van der Waals surface area contributed by atoms with Gasteiger partial charge in [0.1, 0.15) is 4.38 Å². The Morgan fingerprint density at radius 2 is 2.32 bits per heavy atom. The summed E-state index contributed by atoms with van der Waals surface area (Å²) in [6.45, 7) is 1.27. The van der Waals surface area contributed by atoms with Gasteiger partial charge in [0, 0.05) is 22.3 Å². The van der Waals surface area contributed by atoms with E-state index in [1.54, 1.807) is 23.9 Å². The Morgan fingerprint density at radius 3 is 3.00 bits per heavy atom. The molecule has 1 aromatic rings. The van der Waals surface area contributed by atoms with Crippen molar-refractivity contribution in [1.29, 1.82) is 0 Å². The number of aliphatic imine (C=N–C) groups is 1. The molecule has 0 atom stereocenters. The highest BCUT2D eigenvalue weighted by molar-refractivity contribution is 8.39. The third kappa shape index (κ3) is 4.91. The number of hydrogen-bond acceptors (Lipinski definition) is 4. The van der Waals surface area contributed by atoms with Gasteiger partial charge in [-0.2, -0.15) is 0 Å². The van der Waals surface area contributed by atoms with Crippen molar-refractivity contribution in [1.82, 2.24) is 5.32 Å². The van der Waals surface area contributed by atoms with Crippen molar-refractivity contribution in [3.8, 4) is 0 Å². The fourth-order valence-electron chi connectivity index (χ4n) is 1.44. The van der Waals surface area contributed by atoms with Crippen LogP contribution in [0.15, 0.2) is 23.2 Å². The van der Waals surface area contributed by atoms with Gasteiger partial charge in [-0.15, -0.1) is 0 Å². The lowest BCUT2D eigenvalue weighted by atomic mass is 10.2. The number of carbonyl (C=O) groups excluding carboxylic acids is 1. The summed E-state index contributed by atoms with van der Waals surface area (Å²) in [6, 6.07) is 5.24. The second-order valence-electron chi connectivity index (χ2n) is 3.80. The van der Waals surface area contributed by atoms with Crippen LogP contribution in [0.3, 0.4) is 0 Å². The van der Waals surface area contributed by atoms with E-state index in [4.69, 9.17) is 23.2 Å². The van der Waals surface area contributed by atoms with Crippen LogP contribution in [0, 0.1) is 0 Å². The van der Waals surface area contributed by atoms with Crippen molar-refractivity contribution in [3.05, 3.63) is 33.8 Å². The number of rotatable bonds is 4. The van der Waals surface area contributed by atoms with E-state index >= 15 is 0 Å². The van der Waals surface area contributed by atoms with Gasteiger partial charge in [-0.3, -0.25) is 9.79 Å². The van der Waals surface area contributed by atoms with Gasteiger partial charge in [0.2, 0.25) is 5.91 Å². The lowest BCUT2D eigenvalue weighted by Gasteiger charge is -2.07. The minimum Gasteiger partial charge on any atom is -0.351 e. The summed E-state index contributed by atoms with van der Waals surface area (Å²) in [7, 11) is 0. The third-order valence-corrected chi connectivity index (χ3v) is 5.21. The van der Waals surface area contributed by atoms with Crippen molar-refractivity contribution in [2.45, 2.75) is 6.54 Å². The lowest BCUT2D eigenvalue weighted by molar-refractivity contribution is -0.118. The van der Waals surface area contributed by atoms with Gasteiger partial charge in [-0.25, -0.2) is 0 Å². The SMILES string of the molecule is O=C(CSC1=NCCS1)NCc1ccc(Cl)cc1Cl. The van der Waals surface area contributed by atoms with Crippen molar-refractivity contribution < 1.29 is 4.79 Å². The first kappa shape index (κ1) is 15.0. The van der Waals surface area contributed by atoms with Crippen molar-refractivity contribution >= 4 is 57.0 Å². The number of thioether (sulfide) groups is 2. The molecule has 1 aliphatic heterocycles. The number of nitrogens with zero attached hydrogens (tertiary/aromatic N) is 1. The van der Waals surface area contributed by atoms with Gasteiger partial charge in [0.25, 0.3) is 0 Å². The molecule has 0 aromatic heterocycles. The smallest absolute Gasteiger partial charge is 0.230 e. The van der Waals surface area contributed by atoms with E-state index in [1.807, 2.05) is 6.07 Å². The Bertz CT molecular complexity index is 509. The minimum absolute atomic E-state index is 0.0220. The second kappa shape index (κ2) is 7.43. The van der Waals surface area contributed by atoms with Crippen LogP contribution in [0.2, 0.25) is 10.0 Å². The monoisotopic (exact) mass is 334 g/mol.